The van der Waals surface area contributed by atoms with Gasteiger partial charge in [-0.1, -0.05) is 12.1 Å². The van der Waals surface area contributed by atoms with Crippen molar-refractivity contribution in [1.82, 2.24) is 0 Å². The molecule has 1 rings (SSSR count). The van der Waals surface area contributed by atoms with Crippen molar-refractivity contribution < 1.29 is 28.8 Å². The van der Waals surface area contributed by atoms with Gasteiger partial charge in [-0.15, -0.1) is 0 Å². The molecule has 0 amide bonds. The molecule has 3 N–H and O–H groups in total. The zero-order valence-corrected chi connectivity index (χ0v) is 8.25. The first kappa shape index (κ1) is 12.5. The van der Waals surface area contributed by atoms with Gasteiger partial charge in [-0.25, -0.2) is 0 Å². The molecule has 1 atom stereocenters. The second-order valence-corrected chi connectivity index (χ2v) is 3.41. The zero-order valence-electron chi connectivity index (χ0n) is 8.25. The summed E-state index contributed by atoms with van der Waals surface area (Å²) < 4.78 is 36.6. The van der Waals surface area contributed by atoms with Crippen molar-refractivity contribution in [2.24, 2.45) is 0 Å². The predicted octanol–water partition coefficient (Wildman–Crippen LogP) is -0.392. The average molecular weight is 233 g/mol. The number of hydrogen-bond acceptors (Lipinski definition) is 2. The maximum atomic E-state index is 12.2. The van der Waals surface area contributed by atoms with Crippen molar-refractivity contribution in [3.8, 4) is 0 Å². The fourth-order valence-corrected chi connectivity index (χ4v) is 1.20. The number of benzene rings is 1. The van der Waals surface area contributed by atoms with Crippen LogP contribution in [0.3, 0.4) is 0 Å². The third kappa shape index (κ3) is 3.23. The van der Waals surface area contributed by atoms with Crippen LogP contribution in [0.4, 0.5) is 13.2 Å². The first-order chi connectivity index (χ1) is 7.30. The van der Waals surface area contributed by atoms with E-state index in [2.05, 4.69) is 5.73 Å². The Morgan fingerprint density at radius 3 is 2.19 bits per heavy atom. The summed E-state index contributed by atoms with van der Waals surface area (Å²) in [5, 5.41) is 10.4. The van der Waals surface area contributed by atoms with Crippen molar-refractivity contribution in [1.29, 1.82) is 0 Å². The summed E-state index contributed by atoms with van der Waals surface area (Å²) in [7, 11) is 0. The van der Waals surface area contributed by atoms with E-state index in [1.165, 1.54) is 12.1 Å². The highest BCUT2D eigenvalue weighted by Gasteiger charge is 2.29. The number of halogens is 3. The van der Waals surface area contributed by atoms with Crippen LogP contribution in [0, 0.1) is 0 Å². The minimum atomic E-state index is -4.38. The van der Waals surface area contributed by atoms with Crippen molar-refractivity contribution in [2.75, 3.05) is 0 Å². The normalized spacial score (nSPS) is 13.5. The number of hydrogen-bond donors (Lipinski definition) is 1. The van der Waals surface area contributed by atoms with Crippen LogP contribution < -0.4 is 10.8 Å². The Bertz CT molecular complexity index is 373. The van der Waals surface area contributed by atoms with Gasteiger partial charge in [0.25, 0.3) is 0 Å². The highest BCUT2D eigenvalue weighted by atomic mass is 19.4. The van der Waals surface area contributed by atoms with Gasteiger partial charge < -0.3 is 15.6 Å². The Balaban J connectivity index is 2.76. The zero-order chi connectivity index (χ0) is 12.3. The number of carboxylic acids is 1. The third-order valence-corrected chi connectivity index (χ3v) is 2.10. The molecule has 0 aliphatic rings. The molecule has 16 heavy (non-hydrogen) atoms. The molecule has 3 nitrogen and oxygen atoms in total. The summed E-state index contributed by atoms with van der Waals surface area (Å²) in [5.41, 5.74) is 3.04. The second kappa shape index (κ2) is 4.52. The highest BCUT2D eigenvalue weighted by Crippen LogP contribution is 2.29. The predicted molar refractivity (Wildman–Crippen MR) is 46.8 cm³/mol. The van der Waals surface area contributed by atoms with Crippen molar-refractivity contribution in [2.45, 2.75) is 18.6 Å². The van der Waals surface area contributed by atoms with E-state index in [0.717, 1.165) is 12.1 Å². The van der Waals surface area contributed by atoms with Crippen LogP contribution >= 0.6 is 0 Å². The number of rotatable bonds is 3. The summed E-state index contributed by atoms with van der Waals surface area (Å²) in [5.74, 6) is -1.32. The minimum absolute atomic E-state index is 0.0560. The average Bonchev–Trinajstić information content (AvgIpc) is 2.17. The molecule has 0 aliphatic heterocycles. The molecule has 0 saturated heterocycles. The van der Waals surface area contributed by atoms with Crippen LogP contribution in [0.25, 0.3) is 0 Å². The van der Waals surface area contributed by atoms with Crippen LogP contribution in [0.1, 0.15) is 11.1 Å². The molecule has 0 heterocycles. The van der Waals surface area contributed by atoms with Gasteiger partial charge in [-0.3, -0.25) is 0 Å². The molecule has 1 aromatic carbocycles. The van der Waals surface area contributed by atoms with E-state index in [1.807, 2.05) is 0 Å². The maximum Gasteiger partial charge on any atom is 0.416 e. The van der Waals surface area contributed by atoms with Gasteiger partial charge in [0.1, 0.15) is 6.04 Å². The molecule has 88 valence electrons. The van der Waals surface area contributed by atoms with Gasteiger partial charge >= 0.3 is 6.18 Å². The fraction of sp³-hybridized carbons (Fsp3) is 0.300. The second-order valence-electron chi connectivity index (χ2n) is 3.41. The number of quaternary nitrogens is 1. The summed E-state index contributed by atoms with van der Waals surface area (Å²) in [6.07, 6.45) is -4.32. The van der Waals surface area contributed by atoms with E-state index in [0.29, 0.717) is 5.56 Å². The molecule has 0 fully saturated rings. The van der Waals surface area contributed by atoms with Gasteiger partial charge in [-0.05, 0) is 17.7 Å². The van der Waals surface area contributed by atoms with E-state index in [4.69, 9.17) is 0 Å². The summed E-state index contributed by atoms with van der Waals surface area (Å²) in [4.78, 5) is 10.4. The molecule has 0 aromatic heterocycles. The Morgan fingerprint density at radius 1 is 1.31 bits per heavy atom. The first-order valence-electron chi connectivity index (χ1n) is 4.51. The Hall–Kier alpha value is -1.56. The smallest absolute Gasteiger partial charge is 0.416 e. The summed E-state index contributed by atoms with van der Waals surface area (Å²) in [6.45, 7) is 0. The Kier molecular flexibility index (Phi) is 3.54. The van der Waals surface area contributed by atoms with Gasteiger partial charge in [0, 0.05) is 6.42 Å². The number of aliphatic carboxylic acids is 1. The van der Waals surface area contributed by atoms with Gasteiger partial charge in [0.15, 0.2) is 0 Å². The molecule has 1 aromatic rings. The topological polar surface area (TPSA) is 67.8 Å². The van der Waals surface area contributed by atoms with E-state index >= 15 is 0 Å². The molecule has 0 aliphatic carbocycles. The number of carbonyl (C=O) groups excluding carboxylic acids is 1. The monoisotopic (exact) mass is 233 g/mol. The molecule has 0 bridgehead atoms. The lowest BCUT2D eigenvalue weighted by molar-refractivity contribution is -0.437. The SMILES string of the molecule is [NH3+][C@H](Cc1ccc(C(F)(F)F)cc1)C(=O)[O-]. The molecule has 6 heteroatoms. The number of carbonyl (C=O) groups is 1. The minimum Gasteiger partial charge on any atom is -0.544 e. The lowest BCUT2D eigenvalue weighted by Gasteiger charge is -2.10. The lowest BCUT2D eigenvalue weighted by atomic mass is 10.0. The molecule has 0 saturated carbocycles. The highest BCUT2D eigenvalue weighted by molar-refractivity contribution is 5.69. The maximum absolute atomic E-state index is 12.2. The van der Waals surface area contributed by atoms with Crippen LogP contribution in [-0.2, 0) is 17.4 Å². The summed E-state index contributed by atoms with van der Waals surface area (Å²) >= 11 is 0. The standard InChI is InChI=1S/C10H10F3NO2/c11-10(12,13)7-3-1-6(2-4-7)5-8(14)9(15)16/h1-4,8H,5,14H2,(H,15,16)/t8-/m1/s1. The van der Waals surface area contributed by atoms with Crippen LogP contribution in [0.5, 0.6) is 0 Å². The van der Waals surface area contributed by atoms with Crippen LogP contribution in [-0.4, -0.2) is 12.0 Å². The number of carboxylic acid groups (broad SMARTS) is 1. The van der Waals surface area contributed by atoms with E-state index in [1.54, 1.807) is 0 Å². The molecular formula is C10H10F3NO2. The van der Waals surface area contributed by atoms with Crippen molar-refractivity contribution in [3.63, 3.8) is 0 Å². The molecular weight excluding hydrogens is 223 g/mol. The van der Waals surface area contributed by atoms with E-state index in [-0.39, 0.29) is 6.42 Å². The van der Waals surface area contributed by atoms with Gasteiger partial charge in [0.05, 0.1) is 11.5 Å². The Morgan fingerprint density at radius 2 is 1.81 bits per heavy atom. The van der Waals surface area contributed by atoms with Gasteiger partial charge in [-0.2, -0.15) is 13.2 Å². The fourth-order valence-electron chi connectivity index (χ4n) is 1.20. The van der Waals surface area contributed by atoms with Crippen LogP contribution in [0.15, 0.2) is 24.3 Å². The van der Waals surface area contributed by atoms with Gasteiger partial charge in [0.2, 0.25) is 0 Å². The largest absolute Gasteiger partial charge is 0.544 e. The third-order valence-electron chi connectivity index (χ3n) is 2.10. The van der Waals surface area contributed by atoms with E-state index in [9.17, 15) is 23.1 Å². The van der Waals surface area contributed by atoms with Crippen molar-refractivity contribution in [3.05, 3.63) is 35.4 Å². The lowest BCUT2D eigenvalue weighted by Crippen LogP contribution is -2.69. The van der Waals surface area contributed by atoms with E-state index < -0.39 is 23.8 Å². The number of alkyl halides is 3. The quantitative estimate of drug-likeness (QED) is 0.772. The van der Waals surface area contributed by atoms with Crippen molar-refractivity contribution >= 4 is 5.97 Å². The molecule has 0 spiro atoms. The van der Waals surface area contributed by atoms with Crippen LogP contribution in [0.2, 0.25) is 0 Å². The first-order valence-corrected chi connectivity index (χ1v) is 4.51. The molecule has 0 unspecified atom stereocenters. The Labute approximate surface area is 89.7 Å². The summed E-state index contributed by atoms with van der Waals surface area (Å²) in [6, 6.07) is 3.35. The molecule has 0 radical (unpaired) electrons.